The monoisotopic (exact) mass is 758 g/mol. The van der Waals surface area contributed by atoms with E-state index < -0.39 is 24.1 Å². The van der Waals surface area contributed by atoms with E-state index in [1.165, 1.54) is 0 Å². The highest BCUT2D eigenvalue weighted by molar-refractivity contribution is 6.24. The second-order valence-electron chi connectivity index (χ2n) is 16.3. The second-order valence-corrected chi connectivity index (χ2v) is 16.3. The van der Waals surface area contributed by atoms with Crippen LogP contribution in [0.15, 0.2) is 64.8 Å². The van der Waals surface area contributed by atoms with Crippen LogP contribution in [0.5, 0.6) is 0 Å². The van der Waals surface area contributed by atoms with Crippen molar-refractivity contribution in [2.75, 3.05) is 13.2 Å². The van der Waals surface area contributed by atoms with Crippen molar-refractivity contribution in [3.8, 4) is 0 Å². The first-order valence-electron chi connectivity index (χ1n) is 20.2. The van der Waals surface area contributed by atoms with Gasteiger partial charge in [-0.2, -0.15) is 0 Å². The first-order chi connectivity index (χ1) is 26.2. The molecule has 3 aliphatic rings. The van der Waals surface area contributed by atoms with Gasteiger partial charge in [-0.1, -0.05) is 62.8 Å². The summed E-state index contributed by atoms with van der Waals surface area (Å²) in [6.07, 6.45) is 9.47. The number of alkyl carbamates (subject to hydrolysis) is 1. The van der Waals surface area contributed by atoms with Crippen LogP contribution in [0, 0.1) is 17.8 Å². The first-order valence-corrected chi connectivity index (χ1v) is 20.2. The van der Waals surface area contributed by atoms with E-state index in [1.807, 2.05) is 56.3 Å². The fraction of sp³-hybridized carbons (Fsp3) is 0.591. The van der Waals surface area contributed by atoms with Gasteiger partial charge in [0.05, 0.1) is 18.6 Å². The van der Waals surface area contributed by atoms with Gasteiger partial charge in [-0.05, 0) is 110 Å². The number of unbranched alkanes of at least 4 members (excludes halogenated alkanes) is 1. The summed E-state index contributed by atoms with van der Waals surface area (Å²) < 4.78 is 5.44. The molecule has 1 saturated carbocycles. The highest BCUT2D eigenvalue weighted by Gasteiger charge is 2.38. The normalized spacial score (nSPS) is 19.3. The van der Waals surface area contributed by atoms with Crippen molar-refractivity contribution in [1.82, 2.24) is 20.9 Å². The van der Waals surface area contributed by atoms with Gasteiger partial charge in [0.15, 0.2) is 11.6 Å². The minimum Gasteiger partial charge on any atom is -0.449 e. The lowest BCUT2D eigenvalue weighted by Gasteiger charge is -2.29. The van der Waals surface area contributed by atoms with Gasteiger partial charge in [0, 0.05) is 34.9 Å². The molecule has 0 bridgehead atoms. The molecule has 1 aliphatic heterocycles. The molecular weight excluding hydrogens is 697 g/mol. The maximum Gasteiger partial charge on any atom is 0.407 e. The number of likely N-dealkylation sites (tertiary alicyclic amines) is 1. The lowest BCUT2D eigenvalue weighted by atomic mass is 9.84. The molecule has 55 heavy (non-hydrogen) atoms. The molecule has 4 rings (SSSR count). The molecule has 0 aromatic heterocycles. The summed E-state index contributed by atoms with van der Waals surface area (Å²) in [6, 6.07) is 7.66. The molecule has 0 spiro atoms. The molecule has 0 unspecified atom stereocenters. The average Bonchev–Trinajstić information content (AvgIpc) is 3.85. The third-order valence-corrected chi connectivity index (χ3v) is 10.8. The number of rotatable bonds is 19. The highest BCUT2D eigenvalue weighted by atomic mass is 16.5. The van der Waals surface area contributed by atoms with E-state index in [4.69, 9.17) is 4.74 Å². The topological polar surface area (TPSA) is 151 Å². The number of benzene rings is 1. The highest BCUT2D eigenvalue weighted by Crippen LogP contribution is 2.29. The standard InChI is InChI=1S/C44H62N4O7/c1-27(2)24-35(46-44(54)55-26-33-19-20-33)22-21-34(25-32-14-9-8-10-15-32)43(53)48-23-13-18-38(48)42(52)47-37(41(51)45-28(3)4)17-12-11-16-36-31(7)39(49)29(5)30(6)40(36)50/h8-10,14-15,21-22,27-28,33-35,37-38H,11-13,16-20,23-26H2,1-7H3,(H,45,51)(H,46,54)(H,47,52)/b22-21+/t34-,35-,37+,38+/m1/s1. The van der Waals surface area contributed by atoms with Crippen LogP contribution >= 0.6 is 0 Å². The molecule has 1 aromatic carbocycles. The number of allylic oxidation sites excluding steroid dienone is 4. The summed E-state index contributed by atoms with van der Waals surface area (Å²) in [4.78, 5) is 81.6. The molecular formula is C44H62N4O7. The molecule has 1 saturated heterocycles. The Morgan fingerprint density at radius 3 is 2.20 bits per heavy atom. The summed E-state index contributed by atoms with van der Waals surface area (Å²) in [7, 11) is 0. The van der Waals surface area contributed by atoms with Gasteiger partial charge in [0.2, 0.25) is 17.7 Å². The van der Waals surface area contributed by atoms with E-state index in [2.05, 4.69) is 29.8 Å². The van der Waals surface area contributed by atoms with Crippen LogP contribution in [0.4, 0.5) is 4.79 Å². The summed E-state index contributed by atoms with van der Waals surface area (Å²) in [5, 5.41) is 8.85. The lowest BCUT2D eigenvalue weighted by molar-refractivity contribution is -0.141. The number of carbonyl (C=O) groups is 6. The molecule has 11 nitrogen and oxygen atoms in total. The predicted octanol–water partition coefficient (Wildman–Crippen LogP) is 6.32. The number of amides is 4. The van der Waals surface area contributed by atoms with E-state index in [-0.39, 0.29) is 47.3 Å². The first kappa shape index (κ1) is 43.2. The minimum atomic E-state index is -0.836. The van der Waals surface area contributed by atoms with Gasteiger partial charge in [-0.15, -0.1) is 0 Å². The van der Waals surface area contributed by atoms with E-state index in [9.17, 15) is 28.8 Å². The number of nitrogens with one attached hydrogen (secondary N) is 3. The SMILES string of the molecule is CC1=C(C)C(=O)C(CCCC[C@H](NC(=O)[C@@H]2CCCN2C(=O)[C@H](/C=C/[C@H](CC(C)C)NC(=O)OCC2CC2)Cc2ccccc2)C(=O)NC(C)C)=C(C)C1=O. The second kappa shape index (κ2) is 20.4. The van der Waals surface area contributed by atoms with E-state index in [0.29, 0.717) is 92.7 Å². The van der Waals surface area contributed by atoms with Gasteiger partial charge < -0.3 is 25.6 Å². The van der Waals surface area contributed by atoms with Gasteiger partial charge in [0.1, 0.15) is 12.1 Å². The summed E-state index contributed by atoms with van der Waals surface area (Å²) in [6.45, 7) is 13.7. The fourth-order valence-electron chi connectivity index (χ4n) is 7.28. The number of Topliss-reactive ketones (excluding diaryl/α,β-unsaturated/α-hetero) is 2. The largest absolute Gasteiger partial charge is 0.449 e. The summed E-state index contributed by atoms with van der Waals surface area (Å²) in [5.74, 6) is -0.957. The van der Waals surface area contributed by atoms with E-state index in [0.717, 1.165) is 18.4 Å². The van der Waals surface area contributed by atoms with Crippen LogP contribution in [0.3, 0.4) is 0 Å². The average molecular weight is 759 g/mol. The molecule has 4 atom stereocenters. The number of carbonyl (C=O) groups excluding carboxylic acids is 6. The van der Waals surface area contributed by atoms with Crippen LogP contribution in [0.1, 0.15) is 112 Å². The van der Waals surface area contributed by atoms with Crippen molar-refractivity contribution < 1.29 is 33.5 Å². The number of ketones is 2. The third-order valence-electron chi connectivity index (χ3n) is 10.8. The maximum absolute atomic E-state index is 14.4. The van der Waals surface area contributed by atoms with Crippen LogP contribution in [-0.2, 0) is 35.1 Å². The Morgan fingerprint density at radius 2 is 1.55 bits per heavy atom. The van der Waals surface area contributed by atoms with Gasteiger partial charge in [0.25, 0.3) is 0 Å². The molecule has 0 radical (unpaired) electrons. The molecule has 300 valence electrons. The van der Waals surface area contributed by atoms with Crippen molar-refractivity contribution >= 4 is 35.4 Å². The predicted molar refractivity (Wildman–Crippen MR) is 213 cm³/mol. The molecule has 1 aromatic rings. The van der Waals surface area contributed by atoms with Crippen molar-refractivity contribution in [2.24, 2.45) is 17.8 Å². The Hall–Kier alpha value is -4.54. The smallest absolute Gasteiger partial charge is 0.407 e. The third kappa shape index (κ3) is 12.8. The Labute approximate surface area is 327 Å². The van der Waals surface area contributed by atoms with E-state index >= 15 is 0 Å². The van der Waals surface area contributed by atoms with Crippen molar-refractivity contribution in [1.29, 1.82) is 0 Å². The quantitative estimate of drug-likeness (QED) is 0.0849. The Morgan fingerprint density at radius 1 is 0.855 bits per heavy atom. The Bertz CT molecular complexity index is 1660. The van der Waals surface area contributed by atoms with Crippen LogP contribution in [-0.4, -0.2) is 77.6 Å². The molecule has 1 heterocycles. The zero-order chi connectivity index (χ0) is 40.2. The van der Waals surface area contributed by atoms with Crippen molar-refractivity contribution in [3.63, 3.8) is 0 Å². The van der Waals surface area contributed by atoms with Gasteiger partial charge >= 0.3 is 6.09 Å². The molecule has 4 amide bonds. The molecule has 2 fully saturated rings. The number of nitrogens with zero attached hydrogens (tertiary/aromatic N) is 1. The zero-order valence-electron chi connectivity index (χ0n) is 33.9. The summed E-state index contributed by atoms with van der Waals surface area (Å²) >= 11 is 0. The summed E-state index contributed by atoms with van der Waals surface area (Å²) in [5.41, 5.74) is 2.91. The number of ether oxygens (including phenoxy) is 1. The van der Waals surface area contributed by atoms with E-state index in [1.54, 1.807) is 25.7 Å². The lowest BCUT2D eigenvalue weighted by Crippen LogP contribution is -2.54. The van der Waals surface area contributed by atoms with Crippen LogP contribution in [0.25, 0.3) is 0 Å². The van der Waals surface area contributed by atoms with Crippen LogP contribution in [0.2, 0.25) is 0 Å². The van der Waals surface area contributed by atoms with Crippen molar-refractivity contribution in [2.45, 2.75) is 137 Å². The number of hydrogen-bond donors (Lipinski definition) is 3. The van der Waals surface area contributed by atoms with Crippen molar-refractivity contribution in [3.05, 3.63) is 70.3 Å². The van der Waals surface area contributed by atoms with Gasteiger partial charge in [-0.25, -0.2) is 4.79 Å². The fourth-order valence-corrected chi connectivity index (χ4v) is 7.28. The Balaban J connectivity index is 1.46. The van der Waals surface area contributed by atoms with Crippen LogP contribution < -0.4 is 16.0 Å². The number of hydrogen-bond acceptors (Lipinski definition) is 7. The molecule has 2 aliphatic carbocycles. The van der Waals surface area contributed by atoms with Gasteiger partial charge in [-0.3, -0.25) is 24.0 Å². The molecule has 3 N–H and O–H groups in total. The molecule has 11 heteroatoms. The minimum absolute atomic E-state index is 0.110. The Kier molecular flexibility index (Phi) is 16.0. The maximum atomic E-state index is 14.4. The zero-order valence-corrected chi connectivity index (χ0v) is 33.9.